The van der Waals surface area contributed by atoms with Crippen molar-refractivity contribution in [1.29, 1.82) is 0 Å². The minimum atomic E-state index is 0.200. The van der Waals surface area contributed by atoms with Gasteiger partial charge in [-0.25, -0.2) is 0 Å². The first-order valence-corrected chi connectivity index (χ1v) is 8.28. The first kappa shape index (κ1) is 14.9. The molecule has 0 bridgehead atoms. The minimum Gasteiger partial charge on any atom is -0.339 e. The summed E-state index contributed by atoms with van der Waals surface area (Å²) in [7, 11) is 0. The molecule has 1 saturated heterocycles. The molecule has 0 aromatic carbocycles. The summed E-state index contributed by atoms with van der Waals surface area (Å²) < 4.78 is 5.49. The Balaban J connectivity index is 2.01. The number of nitrogens with zero attached hydrogens (tertiary/aromatic N) is 2. The van der Waals surface area contributed by atoms with Crippen molar-refractivity contribution in [3.8, 4) is 0 Å². The summed E-state index contributed by atoms with van der Waals surface area (Å²) in [5.41, 5.74) is 0.200. The summed E-state index contributed by atoms with van der Waals surface area (Å²) in [4.78, 5) is 4.60. The topological polar surface area (TPSA) is 51.0 Å². The predicted molar refractivity (Wildman–Crippen MR) is 79.6 cm³/mol. The van der Waals surface area contributed by atoms with Gasteiger partial charge in [-0.2, -0.15) is 16.7 Å². The van der Waals surface area contributed by atoms with E-state index in [1.165, 1.54) is 0 Å². The van der Waals surface area contributed by atoms with Gasteiger partial charge in [-0.1, -0.05) is 32.9 Å². The van der Waals surface area contributed by atoms with E-state index in [-0.39, 0.29) is 5.41 Å². The van der Waals surface area contributed by atoms with Gasteiger partial charge in [0.2, 0.25) is 5.89 Å². The van der Waals surface area contributed by atoms with Crippen LogP contribution in [0.5, 0.6) is 0 Å². The fourth-order valence-corrected chi connectivity index (χ4v) is 3.66. The second-order valence-corrected chi connectivity index (χ2v) is 7.57. The molecule has 2 heterocycles. The van der Waals surface area contributed by atoms with Crippen molar-refractivity contribution in [2.45, 2.75) is 52.5 Å². The summed E-state index contributed by atoms with van der Waals surface area (Å²) in [6.07, 6.45) is 2.02. The minimum absolute atomic E-state index is 0.200. The van der Waals surface area contributed by atoms with Gasteiger partial charge in [-0.3, -0.25) is 0 Å². The van der Waals surface area contributed by atoms with Crippen LogP contribution in [0.3, 0.4) is 0 Å². The third kappa shape index (κ3) is 4.21. The van der Waals surface area contributed by atoms with E-state index in [0.29, 0.717) is 12.0 Å². The number of rotatable bonds is 5. The fourth-order valence-electron chi connectivity index (χ4n) is 2.29. The van der Waals surface area contributed by atoms with E-state index in [2.05, 4.69) is 43.2 Å². The number of hydrogen-bond donors (Lipinski definition) is 1. The second-order valence-electron chi connectivity index (χ2n) is 6.49. The standard InChI is InChI=1S/C14H25N3OS/c1-5-6-15-11-9-19-8-10(11)13-16-12(17-18-13)7-14(2,3)4/h10-11,15H,5-9H2,1-4H3. The van der Waals surface area contributed by atoms with Crippen LogP contribution in [0, 0.1) is 5.41 Å². The zero-order valence-electron chi connectivity index (χ0n) is 12.4. The van der Waals surface area contributed by atoms with Crippen LogP contribution in [0.2, 0.25) is 0 Å². The summed E-state index contributed by atoms with van der Waals surface area (Å²) in [5.74, 6) is 4.25. The maximum atomic E-state index is 5.49. The molecule has 1 aromatic heterocycles. The van der Waals surface area contributed by atoms with E-state index in [1.807, 2.05) is 11.8 Å². The Labute approximate surface area is 120 Å². The molecular formula is C14H25N3OS. The highest BCUT2D eigenvalue weighted by molar-refractivity contribution is 7.99. The van der Waals surface area contributed by atoms with Crippen molar-refractivity contribution in [1.82, 2.24) is 15.5 Å². The lowest BCUT2D eigenvalue weighted by atomic mass is 9.92. The van der Waals surface area contributed by atoms with Crippen LogP contribution in [0.15, 0.2) is 4.52 Å². The Morgan fingerprint density at radius 1 is 1.37 bits per heavy atom. The number of hydrogen-bond acceptors (Lipinski definition) is 5. The molecule has 1 fully saturated rings. The monoisotopic (exact) mass is 283 g/mol. The zero-order chi connectivity index (χ0) is 13.9. The molecule has 0 saturated carbocycles. The van der Waals surface area contributed by atoms with Gasteiger partial charge in [0.25, 0.3) is 0 Å². The highest BCUT2D eigenvalue weighted by atomic mass is 32.2. The summed E-state index contributed by atoms with van der Waals surface area (Å²) in [5, 5.41) is 7.73. The van der Waals surface area contributed by atoms with Gasteiger partial charge in [0.05, 0.1) is 5.92 Å². The van der Waals surface area contributed by atoms with Crippen LogP contribution < -0.4 is 5.32 Å². The Hall–Kier alpha value is -0.550. The van der Waals surface area contributed by atoms with Crippen LogP contribution in [0.1, 0.15) is 51.7 Å². The molecule has 2 atom stereocenters. The Kier molecular flexibility index (Phi) is 4.90. The maximum Gasteiger partial charge on any atom is 0.232 e. The Morgan fingerprint density at radius 2 is 2.16 bits per heavy atom. The molecule has 1 aliphatic rings. The third-order valence-corrected chi connectivity index (χ3v) is 4.42. The van der Waals surface area contributed by atoms with Crippen LogP contribution in [-0.4, -0.2) is 34.2 Å². The quantitative estimate of drug-likeness (QED) is 0.900. The second kappa shape index (κ2) is 6.27. The van der Waals surface area contributed by atoms with Gasteiger partial charge >= 0.3 is 0 Å². The maximum absolute atomic E-state index is 5.49. The molecule has 108 valence electrons. The molecule has 5 heteroatoms. The van der Waals surface area contributed by atoms with Crippen LogP contribution in [0.4, 0.5) is 0 Å². The lowest BCUT2D eigenvalue weighted by Crippen LogP contribution is -2.34. The normalized spacial score (nSPS) is 24.0. The van der Waals surface area contributed by atoms with E-state index < -0.39 is 0 Å². The molecule has 4 nitrogen and oxygen atoms in total. The van der Waals surface area contributed by atoms with E-state index in [0.717, 1.165) is 42.6 Å². The van der Waals surface area contributed by atoms with E-state index >= 15 is 0 Å². The molecular weight excluding hydrogens is 258 g/mol. The third-order valence-electron chi connectivity index (χ3n) is 3.23. The molecule has 1 aromatic rings. The van der Waals surface area contributed by atoms with Crippen molar-refractivity contribution >= 4 is 11.8 Å². The molecule has 0 radical (unpaired) electrons. The number of aromatic nitrogens is 2. The van der Waals surface area contributed by atoms with Crippen LogP contribution in [-0.2, 0) is 6.42 Å². The van der Waals surface area contributed by atoms with Gasteiger partial charge in [0.15, 0.2) is 5.82 Å². The lowest BCUT2D eigenvalue weighted by molar-refractivity contribution is 0.329. The molecule has 1 N–H and O–H groups in total. The number of thioether (sulfide) groups is 1. The van der Waals surface area contributed by atoms with Gasteiger partial charge in [0.1, 0.15) is 0 Å². The Bertz CT molecular complexity index is 400. The highest BCUT2D eigenvalue weighted by Crippen LogP contribution is 2.32. The predicted octanol–water partition coefficient (Wildman–Crippen LogP) is 2.86. The molecule has 0 amide bonds. The smallest absolute Gasteiger partial charge is 0.232 e. The molecule has 19 heavy (non-hydrogen) atoms. The van der Waals surface area contributed by atoms with Gasteiger partial charge in [0, 0.05) is 24.0 Å². The molecule has 2 rings (SSSR count). The molecule has 0 aliphatic carbocycles. The summed E-state index contributed by atoms with van der Waals surface area (Å²) in [6, 6.07) is 0.480. The largest absolute Gasteiger partial charge is 0.339 e. The SMILES string of the molecule is CCCNC1CSCC1c1nc(CC(C)(C)C)no1. The van der Waals surface area contributed by atoms with Gasteiger partial charge < -0.3 is 9.84 Å². The van der Waals surface area contributed by atoms with E-state index in [1.54, 1.807) is 0 Å². The van der Waals surface area contributed by atoms with E-state index in [9.17, 15) is 0 Å². The van der Waals surface area contributed by atoms with Crippen molar-refractivity contribution in [2.75, 3.05) is 18.1 Å². The van der Waals surface area contributed by atoms with Crippen LogP contribution >= 0.6 is 11.8 Å². The molecule has 2 unspecified atom stereocenters. The average Bonchev–Trinajstić information content (AvgIpc) is 2.92. The average molecular weight is 283 g/mol. The molecule has 0 spiro atoms. The number of nitrogens with one attached hydrogen (secondary N) is 1. The van der Waals surface area contributed by atoms with Gasteiger partial charge in [-0.05, 0) is 18.4 Å². The lowest BCUT2D eigenvalue weighted by Gasteiger charge is -2.16. The highest BCUT2D eigenvalue weighted by Gasteiger charge is 2.33. The first-order valence-electron chi connectivity index (χ1n) is 7.13. The van der Waals surface area contributed by atoms with E-state index in [4.69, 9.17) is 4.52 Å². The van der Waals surface area contributed by atoms with Crippen molar-refractivity contribution in [3.05, 3.63) is 11.7 Å². The summed E-state index contributed by atoms with van der Waals surface area (Å²) >= 11 is 1.97. The van der Waals surface area contributed by atoms with Crippen molar-refractivity contribution in [2.24, 2.45) is 5.41 Å². The Morgan fingerprint density at radius 3 is 2.84 bits per heavy atom. The van der Waals surface area contributed by atoms with Crippen molar-refractivity contribution < 1.29 is 4.52 Å². The fraction of sp³-hybridized carbons (Fsp3) is 0.857. The molecule has 1 aliphatic heterocycles. The zero-order valence-corrected chi connectivity index (χ0v) is 13.2. The van der Waals surface area contributed by atoms with Crippen molar-refractivity contribution in [3.63, 3.8) is 0 Å². The van der Waals surface area contributed by atoms with Gasteiger partial charge in [-0.15, -0.1) is 0 Å². The first-order chi connectivity index (χ1) is 8.99. The summed E-state index contributed by atoms with van der Waals surface area (Å²) in [6.45, 7) is 9.84. The van der Waals surface area contributed by atoms with Crippen LogP contribution in [0.25, 0.3) is 0 Å².